The molecule has 1 unspecified atom stereocenters. The lowest BCUT2D eigenvalue weighted by molar-refractivity contribution is 0.371. The second-order valence-electron chi connectivity index (χ2n) is 2.88. The summed E-state index contributed by atoms with van der Waals surface area (Å²) in [4.78, 5) is 10.7. The zero-order chi connectivity index (χ0) is 12.3. The van der Waals surface area contributed by atoms with Gasteiger partial charge in [-0.1, -0.05) is 0 Å². The molecular formula is C7H9Cl2N3O3S. The molecule has 0 N–H and O–H groups in total. The first-order valence-corrected chi connectivity index (χ1v) is 6.63. The Labute approximate surface area is 103 Å². The van der Waals surface area contributed by atoms with E-state index in [0.717, 1.165) is 0 Å². The Morgan fingerprint density at radius 1 is 1.38 bits per heavy atom. The molecule has 0 aliphatic carbocycles. The minimum Gasteiger partial charge on any atom is -0.467 e. The Kier molecular flexibility index (Phi) is 4.28. The number of sulfone groups is 1. The van der Waals surface area contributed by atoms with Gasteiger partial charge < -0.3 is 4.74 Å². The van der Waals surface area contributed by atoms with Crippen LogP contribution in [0.1, 0.15) is 6.92 Å². The molecular weight excluding hydrogens is 277 g/mol. The van der Waals surface area contributed by atoms with Crippen molar-refractivity contribution >= 4 is 33.0 Å². The molecule has 0 aliphatic rings. The number of ether oxygens (including phenoxy) is 1. The Morgan fingerprint density at radius 2 is 2.00 bits per heavy atom. The molecule has 0 amide bonds. The molecule has 0 radical (unpaired) electrons. The summed E-state index contributed by atoms with van der Waals surface area (Å²) in [6.45, 7) is 1.45. The minimum absolute atomic E-state index is 0.0616. The van der Waals surface area contributed by atoms with Gasteiger partial charge in [-0.05, 0) is 18.5 Å². The second kappa shape index (κ2) is 5.11. The van der Waals surface area contributed by atoms with Crippen molar-refractivity contribution in [2.45, 2.75) is 17.3 Å². The number of halogens is 2. The number of nitrogens with zero attached hydrogens (tertiary/aromatic N) is 3. The molecule has 1 rings (SSSR count). The molecule has 1 atom stereocenters. The van der Waals surface area contributed by atoms with E-state index in [-0.39, 0.29) is 17.2 Å². The molecule has 90 valence electrons. The van der Waals surface area contributed by atoms with Crippen LogP contribution in [0.4, 0.5) is 0 Å². The molecule has 0 bridgehead atoms. The fourth-order valence-electron chi connectivity index (χ4n) is 0.796. The van der Waals surface area contributed by atoms with Crippen molar-refractivity contribution in [3.05, 3.63) is 5.28 Å². The Hall–Kier alpha value is -0.660. The number of alkyl halides is 1. The van der Waals surface area contributed by atoms with Gasteiger partial charge >= 0.3 is 6.01 Å². The normalized spacial score (nSPS) is 13.5. The lowest BCUT2D eigenvalue weighted by Gasteiger charge is -2.08. The number of rotatable bonds is 4. The monoisotopic (exact) mass is 285 g/mol. The van der Waals surface area contributed by atoms with Gasteiger partial charge in [-0.25, -0.2) is 8.42 Å². The molecule has 0 fully saturated rings. The molecule has 0 saturated carbocycles. The average Bonchev–Trinajstić information content (AvgIpc) is 2.26. The fourth-order valence-corrected chi connectivity index (χ4v) is 2.44. The summed E-state index contributed by atoms with van der Waals surface area (Å²) in [5, 5.41) is -1.48. The zero-order valence-electron chi connectivity index (χ0n) is 8.52. The van der Waals surface area contributed by atoms with E-state index in [1.165, 1.54) is 14.0 Å². The van der Waals surface area contributed by atoms with Crippen LogP contribution in [0.25, 0.3) is 0 Å². The second-order valence-corrected chi connectivity index (χ2v) is 5.79. The lowest BCUT2D eigenvalue weighted by atomic mass is 10.6. The minimum atomic E-state index is -3.70. The molecule has 9 heteroatoms. The van der Waals surface area contributed by atoms with Gasteiger partial charge in [-0.3, -0.25) is 0 Å². The summed E-state index contributed by atoms with van der Waals surface area (Å²) in [7, 11) is -2.40. The third-order valence-corrected chi connectivity index (χ3v) is 4.48. The molecule has 6 nitrogen and oxygen atoms in total. The van der Waals surface area contributed by atoms with Gasteiger partial charge in [-0.2, -0.15) is 15.0 Å². The van der Waals surface area contributed by atoms with Crippen LogP contribution in [0, 0.1) is 0 Å². The van der Waals surface area contributed by atoms with Crippen molar-refractivity contribution < 1.29 is 13.2 Å². The molecule has 1 aromatic rings. The Balaban J connectivity index is 3.28. The van der Waals surface area contributed by atoms with E-state index in [0.29, 0.717) is 0 Å². The molecule has 0 aromatic carbocycles. The highest BCUT2D eigenvalue weighted by molar-refractivity contribution is 7.91. The molecule has 0 aliphatic heterocycles. The van der Waals surface area contributed by atoms with Gasteiger partial charge in [0.15, 0.2) is 0 Å². The quantitative estimate of drug-likeness (QED) is 0.766. The van der Waals surface area contributed by atoms with E-state index in [9.17, 15) is 8.42 Å². The Bertz CT molecular complexity index is 480. The van der Waals surface area contributed by atoms with Crippen molar-refractivity contribution in [2.75, 3.05) is 13.0 Å². The highest BCUT2D eigenvalue weighted by Gasteiger charge is 2.27. The van der Waals surface area contributed by atoms with Gasteiger partial charge in [-0.15, -0.1) is 11.6 Å². The first kappa shape index (κ1) is 13.4. The highest BCUT2D eigenvalue weighted by Crippen LogP contribution is 2.16. The van der Waals surface area contributed by atoms with Gasteiger partial charge in [0.25, 0.3) is 5.16 Å². The summed E-state index contributed by atoms with van der Waals surface area (Å²) >= 11 is 11.0. The van der Waals surface area contributed by atoms with Crippen molar-refractivity contribution in [1.29, 1.82) is 0 Å². The first-order valence-electron chi connectivity index (χ1n) is 4.17. The van der Waals surface area contributed by atoms with Gasteiger partial charge in [0.1, 0.15) is 0 Å². The maximum Gasteiger partial charge on any atom is 0.321 e. The van der Waals surface area contributed by atoms with E-state index < -0.39 is 20.2 Å². The Morgan fingerprint density at radius 3 is 2.50 bits per heavy atom. The molecule has 1 aromatic heterocycles. The predicted octanol–water partition coefficient (Wildman–Crippen LogP) is 0.935. The summed E-state index contributed by atoms with van der Waals surface area (Å²) in [5.74, 6) is -0.0616. The van der Waals surface area contributed by atoms with Crippen LogP contribution in [0.5, 0.6) is 6.01 Å². The predicted molar refractivity (Wildman–Crippen MR) is 58.8 cm³/mol. The summed E-state index contributed by atoms with van der Waals surface area (Å²) < 4.78 is 28.4. The third-order valence-electron chi connectivity index (χ3n) is 1.75. The van der Waals surface area contributed by atoms with Crippen LogP contribution >= 0.6 is 23.2 Å². The largest absolute Gasteiger partial charge is 0.467 e. The maximum absolute atomic E-state index is 11.8. The number of hydrogen-bond donors (Lipinski definition) is 0. The van der Waals surface area contributed by atoms with E-state index in [4.69, 9.17) is 27.9 Å². The first-order chi connectivity index (χ1) is 7.41. The topological polar surface area (TPSA) is 82.0 Å². The van der Waals surface area contributed by atoms with Crippen LogP contribution in [0.15, 0.2) is 5.16 Å². The SMILES string of the molecule is COc1nc(Cl)nc(S(=O)(=O)C(C)CCl)n1. The van der Waals surface area contributed by atoms with Gasteiger partial charge in [0, 0.05) is 5.88 Å². The smallest absolute Gasteiger partial charge is 0.321 e. The summed E-state index contributed by atoms with van der Waals surface area (Å²) in [6.07, 6.45) is 0. The standard InChI is InChI=1S/C7H9Cl2N3O3S/c1-4(3-8)16(13,14)7-11-5(9)10-6(12-7)15-2/h4H,3H2,1-2H3. The lowest BCUT2D eigenvalue weighted by Crippen LogP contribution is -2.22. The van der Waals surface area contributed by atoms with Crippen molar-refractivity contribution in [2.24, 2.45) is 0 Å². The maximum atomic E-state index is 11.8. The van der Waals surface area contributed by atoms with E-state index in [1.807, 2.05) is 0 Å². The summed E-state index contributed by atoms with van der Waals surface area (Å²) in [5.41, 5.74) is 0. The third kappa shape index (κ3) is 2.72. The number of aromatic nitrogens is 3. The van der Waals surface area contributed by atoms with Crippen molar-refractivity contribution in [1.82, 2.24) is 15.0 Å². The van der Waals surface area contributed by atoms with Crippen molar-refractivity contribution in [3.8, 4) is 6.01 Å². The van der Waals surface area contributed by atoms with Crippen molar-refractivity contribution in [3.63, 3.8) is 0 Å². The molecule has 16 heavy (non-hydrogen) atoms. The molecule has 0 saturated heterocycles. The van der Waals surface area contributed by atoms with E-state index >= 15 is 0 Å². The molecule has 0 spiro atoms. The number of methoxy groups -OCH3 is 1. The highest BCUT2D eigenvalue weighted by atomic mass is 35.5. The van der Waals surface area contributed by atoms with E-state index in [1.54, 1.807) is 0 Å². The van der Waals surface area contributed by atoms with E-state index in [2.05, 4.69) is 15.0 Å². The van der Waals surface area contributed by atoms with Gasteiger partial charge in [0.05, 0.1) is 12.4 Å². The number of hydrogen-bond acceptors (Lipinski definition) is 6. The van der Waals surface area contributed by atoms with Crippen LogP contribution in [-0.2, 0) is 9.84 Å². The summed E-state index contributed by atoms with van der Waals surface area (Å²) in [6, 6.07) is -0.152. The van der Waals surface area contributed by atoms with Gasteiger partial charge in [0.2, 0.25) is 15.1 Å². The zero-order valence-corrected chi connectivity index (χ0v) is 10.8. The average molecular weight is 286 g/mol. The fraction of sp³-hybridized carbons (Fsp3) is 0.571. The van der Waals surface area contributed by atoms with Crippen LogP contribution in [0.2, 0.25) is 5.28 Å². The van der Waals surface area contributed by atoms with Crippen LogP contribution < -0.4 is 4.74 Å². The van der Waals surface area contributed by atoms with Crippen LogP contribution in [0.3, 0.4) is 0 Å². The van der Waals surface area contributed by atoms with Crippen LogP contribution in [-0.4, -0.2) is 41.6 Å². The molecule has 1 heterocycles.